The normalized spacial score (nSPS) is 15.9. The minimum absolute atomic E-state index is 0.0104. The maximum Gasteiger partial charge on any atom is 0.417 e. The Morgan fingerprint density at radius 2 is 1.76 bits per heavy atom. The van der Waals surface area contributed by atoms with Gasteiger partial charge >= 0.3 is 6.18 Å². The van der Waals surface area contributed by atoms with Gasteiger partial charge in [0.05, 0.1) is 39.9 Å². The number of anilines is 1. The van der Waals surface area contributed by atoms with Gasteiger partial charge < -0.3 is 10.1 Å². The Labute approximate surface area is 170 Å². The maximum absolute atomic E-state index is 13.2. The molecule has 2 aromatic carbocycles. The van der Waals surface area contributed by atoms with Crippen molar-refractivity contribution in [3.8, 4) is 0 Å². The number of carbonyl (C=O) groups is 1. The van der Waals surface area contributed by atoms with Crippen molar-refractivity contribution in [1.82, 2.24) is 4.31 Å². The van der Waals surface area contributed by atoms with Gasteiger partial charge in [0.2, 0.25) is 10.0 Å². The lowest BCUT2D eigenvalue weighted by Crippen LogP contribution is -2.40. The molecule has 156 valence electrons. The lowest BCUT2D eigenvalue weighted by Gasteiger charge is -2.26. The molecule has 0 bridgehead atoms. The van der Waals surface area contributed by atoms with E-state index in [0.717, 1.165) is 18.2 Å². The number of alkyl halides is 3. The summed E-state index contributed by atoms with van der Waals surface area (Å²) in [5.74, 6) is -1.05. The summed E-state index contributed by atoms with van der Waals surface area (Å²) in [6.45, 7) is 0.854. The summed E-state index contributed by atoms with van der Waals surface area (Å²) in [5.41, 5.74) is -1.81. The Balaban J connectivity index is 1.91. The van der Waals surface area contributed by atoms with Crippen LogP contribution in [-0.4, -0.2) is 44.9 Å². The van der Waals surface area contributed by atoms with E-state index in [1.807, 2.05) is 0 Å². The molecule has 1 heterocycles. The van der Waals surface area contributed by atoms with E-state index >= 15 is 0 Å². The highest BCUT2D eigenvalue weighted by molar-refractivity contribution is 7.89. The van der Waals surface area contributed by atoms with Gasteiger partial charge in [-0.15, -0.1) is 0 Å². The monoisotopic (exact) mass is 448 g/mol. The molecule has 1 aliphatic rings. The summed E-state index contributed by atoms with van der Waals surface area (Å²) in [7, 11) is -3.87. The predicted octanol–water partition coefficient (Wildman–Crippen LogP) is 3.63. The first-order chi connectivity index (χ1) is 13.6. The Bertz CT molecular complexity index is 1020. The van der Waals surface area contributed by atoms with Gasteiger partial charge in [-0.3, -0.25) is 4.79 Å². The second-order valence-corrected chi connectivity index (χ2v) is 8.50. The number of halogens is 4. The summed E-state index contributed by atoms with van der Waals surface area (Å²) in [4.78, 5) is 12.3. The Kier molecular flexibility index (Phi) is 6.18. The van der Waals surface area contributed by atoms with Crippen molar-refractivity contribution in [1.29, 1.82) is 0 Å². The highest BCUT2D eigenvalue weighted by Crippen LogP contribution is 2.33. The van der Waals surface area contributed by atoms with Crippen LogP contribution in [0.3, 0.4) is 0 Å². The van der Waals surface area contributed by atoms with Gasteiger partial charge in [-0.1, -0.05) is 23.7 Å². The fourth-order valence-corrected chi connectivity index (χ4v) is 4.41. The van der Waals surface area contributed by atoms with Crippen molar-refractivity contribution in [3.63, 3.8) is 0 Å². The molecule has 29 heavy (non-hydrogen) atoms. The Morgan fingerprint density at radius 3 is 2.41 bits per heavy atom. The van der Waals surface area contributed by atoms with E-state index in [-0.39, 0.29) is 41.9 Å². The van der Waals surface area contributed by atoms with Crippen LogP contribution in [0.4, 0.5) is 18.9 Å². The van der Waals surface area contributed by atoms with E-state index in [2.05, 4.69) is 5.32 Å². The van der Waals surface area contributed by atoms with E-state index < -0.39 is 33.2 Å². The average molecular weight is 449 g/mol. The molecule has 11 heteroatoms. The van der Waals surface area contributed by atoms with Crippen LogP contribution >= 0.6 is 11.6 Å². The molecule has 0 saturated carbocycles. The van der Waals surface area contributed by atoms with E-state index in [1.165, 1.54) is 28.6 Å². The molecule has 1 N–H and O–H groups in total. The van der Waals surface area contributed by atoms with Crippen LogP contribution in [0.15, 0.2) is 47.4 Å². The number of ether oxygens (including phenoxy) is 1. The molecule has 1 saturated heterocycles. The standard InChI is InChI=1S/C18H16ClF3N2O4S/c19-15-6-5-12(29(26,27)24-7-9-28-10-8-24)11-16(15)23-17(25)13-3-1-2-4-14(13)18(20,21)22/h1-6,11H,7-10H2,(H,23,25). The van der Waals surface area contributed by atoms with Crippen LogP contribution in [0, 0.1) is 0 Å². The number of morpholine rings is 1. The van der Waals surface area contributed by atoms with Crippen molar-refractivity contribution in [2.75, 3.05) is 31.6 Å². The summed E-state index contributed by atoms with van der Waals surface area (Å²) >= 11 is 6.03. The van der Waals surface area contributed by atoms with E-state index in [0.29, 0.717) is 0 Å². The molecule has 0 atom stereocenters. The predicted molar refractivity (Wildman–Crippen MR) is 100 cm³/mol. The van der Waals surface area contributed by atoms with Crippen LogP contribution < -0.4 is 5.32 Å². The average Bonchev–Trinajstić information content (AvgIpc) is 2.69. The second-order valence-electron chi connectivity index (χ2n) is 6.16. The summed E-state index contributed by atoms with van der Waals surface area (Å²) in [5, 5.41) is 2.27. The van der Waals surface area contributed by atoms with Gasteiger partial charge in [0, 0.05) is 13.1 Å². The summed E-state index contributed by atoms with van der Waals surface area (Å²) in [6.07, 6.45) is -4.72. The SMILES string of the molecule is O=C(Nc1cc(S(=O)(=O)N2CCOCC2)ccc1Cl)c1ccccc1C(F)(F)F. The number of amides is 1. The van der Waals surface area contributed by atoms with E-state index in [4.69, 9.17) is 16.3 Å². The first kappa shape index (κ1) is 21.6. The van der Waals surface area contributed by atoms with E-state index in [1.54, 1.807) is 0 Å². The first-order valence-electron chi connectivity index (χ1n) is 8.46. The van der Waals surface area contributed by atoms with Crippen molar-refractivity contribution < 1.29 is 31.1 Å². The van der Waals surface area contributed by atoms with Gasteiger partial charge in [0.1, 0.15) is 0 Å². The fourth-order valence-electron chi connectivity index (χ4n) is 2.81. The zero-order valence-corrected chi connectivity index (χ0v) is 16.4. The maximum atomic E-state index is 13.2. The smallest absolute Gasteiger partial charge is 0.379 e. The van der Waals surface area contributed by atoms with Crippen molar-refractivity contribution in [3.05, 3.63) is 58.6 Å². The van der Waals surface area contributed by atoms with Gasteiger partial charge in [-0.2, -0.15) is 17.5 Å². The van der Waals surface area contributed by atoms with Crippen LogP contribution in [0.5, 0.6) is 0 Å². The number of hydrogen-bond donors (Lipinski definition) is 1. The van der Waals surface area contributed by atoms with Crippen molar-refractivity contribution >= 4 is 33.2 Å². The minimum Gasteiger partial charge on any atom is -0.379 e. The van der Waals surface area contributed by atoms with Gasteiger partial charge in [-0.05, 0) is 30.3 Å². The molecule has 0 aromatic heterocycles. The van der Waals surface area contributed by atoms with Crippen molar-refractivity contribution in [2.45, 2.75) is 11.1 Å². The number of hydrogen-bond acceptors (Lipinski definition) is 4. The first-order valence-corrected chi connectivity index (χ1v) is 10.3. The van der Waals surface area contributed by atoms with E-state index in [9.17, 15) is 26.4 Å². The highest BCUT2D eigenvalue weighted by Gasteiger charge is 2.35. The van der Waals surface area contributed by atoms with Gasteiger partial charge in [-0.25, -0.2) is 8.42 Å². The zero-order chi connectivity index (χ0) is 21.2. The molecule has 0 radical (unpaired) electrons. The third-order valence-electron chi connectivity index (χ3n) is 4.27. The molecule has 1 aliphatic heterocycles. The topological polar surface area (TPSA) is 75.7 Å². The minimum atomic E-state index is -4.72. The summed E-state index contributed by atoms with van der Waals surface area (Å²) < 4.78 is 71.3. The van der Waals surface area contributed by atoms with Crippen molar-refractivity contribution in [2.24, 2.45) is 0 Å². The molecule has 1 amide bonds. The molecule has 2 aromatic rings. The molecule has 1 fully saturated rings. The molecular weight excluding hydrogens is 433 g/mol. The molecular formula is C18H16ClF3N2O4S. The van der Waals surface area contributed by atoms with Crippen LogP contribution in [0.2, 0.25) is 5.02 Å². The molecule has 6 nitrogen and oxygen atoms in total. The number of rotatable bonds is 4. The quantitative estimate of drug-likeness (QED) is 0.775. The Morgan fingerprint density at radius 1 is 1.10 bits per heavy atom. The lowest BCUT2D eigenvalue weighted by atomic mass is 10.1. The van der Waals surface area contributed by atoms with Gasteiger partial charge in [0.15, 0.2) is 0 Å². The second kappa shape index (κ2) is 8.31. The third kappa shape index (κ3) is 4.72. The number of benzene rings is 2. The highest BCUT2D eigenvalue weighted by atomic mass is 35.5. The molecule has 0 unspecified atom stereocenters. The largest absolute Gasteiger partial charge is 0.417 e. The number of carbonyl (C=O) groups excluding carboxylic acids is 1. The number of sulfonamides is 1. The zero-order valence-electron chi connectivity index (χ0n) is 14.9. The van der Waals surface area contributed by atoms with Crippen LogP contribution in [-0.2, 0) is 20.9 Å². The number of nitrogens with zero attached hydrogens (tertiary/aromatic N) is 1. The molecule has 3 rings (SSSR count). The van der Waals surface area contributed by atoms with Gasteiger partial charge in [0.25, 0.3) is 5.91 Å². The van der Waals surface area contributed by atoms with Crippen LogP contribution in [0.1, 0.15) is 15.9 Å². The lowest BCUT2D eigenvalue weighted by molar-refractivity contribution is -0.137. The summed E-state index contributed by atoms with van der Waals surface area (Å²) in [6, 6.07) is 7.94. The molecule has 0 spiro atoms. The van der Waals surface area contributed by atoms with Crippen LogP contribution in [0.25, 0.3) is 0 Å². The fraction of sp³-hybridized carbons (Fsp3) is 0.278. The Hall–Kier alpha value is -2.14. The number of nitrogens with one attached hydrogen (secondary N) is 1. The third-order valence-corrected chi connectivity index (χ3v) is 6.50. The molecule has 0 aliphatic carbocycles.